The largest absolute Gasteiger partial charge is 0.326 e. The van der Waals surface area contributed by atoms with Gasteiger partial charge in [-0.25, -0.2) is 4.98 Å². The summed E-state index contributed by atoms with van der Waals surface area (Å²) in [6, 6.07) is 7.76. The lowest BCUT2D eigenvalue weighted by atomic mass is 10.1. The van der Waals surface area contributed by atoms with Crippen LogP contribution in [0.3, 0.4) is 0 Å². The van der Waals surface area contributed by atoms with Gasteiger partial charge in [0, 0.05) is 30.2 Å². The van der Waals surface area contributed by atoms with E-state index in [1.54, 1.807) is 12.5 Å². The standard InChI is InChI=1S/C16H17N3O/c20-16(11-13-3-1-2-4-13)18-14-5-7-15(8-6-14)19-10-9-17-12-19/h1,3,5-10,12-13H,2,4,11H2,(H,18,20)/t13-/m1/s1. The molecule has 2 aromatic rings. The summed E-state index contributed by atoms with van der Waals surface area (Å²) in [5, 5.41) is 2.94. The van der Waals surface area contributed by atoms with Crippen molar-refractivity contribution in [3.63, 3.8) is 0 Å². The zero-order valence-electron chi connectivity index (χ0n) is 11.2. The summed E-state index contributed by atoms with van der Waals surface area (Å²) in [4.78, 5) is 15.9. The summed E-state index contributed by atoms with van der Waals surface area (Å²) >= 11 is 0. The molecule has 0 bridgehead atoms. The molecule has 1 N–H and O–H groups in total. The third kappa shape index (κ3) is 2.96. The highest BCUT2D eigenvalue weighted by atomic mass is 16.1. The first-order chi connectivity index (χ1) is 9.81. The molecule has 0 spiro atoms. The number of anilines is 1. The van der Waals surface area contributed by atoms with Gasteiger partial charge >= 0.3 is 0 Å². The van der Waals surface area contributed by atoms with Crippen LogP contribution < -0.4 is 5.32 Å². The third-order valence-electron chi connectivity index (χ3n) is 3.51. The first-order valence-electron chi connectivity index (χ1n) is 6.86. The van der Waals surface area contributed by atoms with Gasteiger partial charge in [0.05, 0.1) is 6.33 Å². The number of hydrogen-bond acceptors (Lipinski definition) is 2. The average molecular weight is 267 g/mol. The molecule has 4 heteroatoms. The summed E-state index contributed by atoms with van der Waals surface area (Å²) in [6.45, 7) is 0. The van der Waals surface area contributed by atoms with Crippen LogP contribution in [0.2, 0.25) is 0 Å². The third-order valence-corrected chi connectivity index (χ3v) is 3.51. The zero-order chi connectivity index (χ0) is 13.8. The molecule has 1 aromatic carbocycles. The highest BCUT2D eigenvalue weighted by Gasteiger charge is 2.13. The van der Waals surface area contributed by atoms with E-state index in [-0.39, 0.29) is 5.91 Å². The second-order valence-corrected chi connectivity index (χ2v) is 5.03. The van der Waals surface area contributed by atoms with Gasteiger partial charge in [0.25, 0.3) is 0 Å². The predicted molar refractivity (Wildman–Crippen MR) is 78.7 cm³/mol. The Hall–Kier alpha value is -2.36. The normalized spacial score (nSPS) is 17.3. The molecule has 0 unspecified atom stereocenters. The quantitative estimate of drug-likeness (QED) is 0.865. The molecule has 102 valence electrons. The van der Waals surface area contributed by atoms with Crippen molar-refractivity contribution < 1.29 is 4.79 Å². The van der Waals surface area contributed by atoms with Crippen molar-refractivity contribution >= 4 is 11.6 Å². The van der Waals surface area contributed by atoms with E-state index >= 15 is 0 Å². The Labute approximate surface area is 118 Å². The topological polar surface area (TPSA) is 46.9 Å². The highest BCUT2D eigenvalue weighted by Crippen LogP contribution is 2.21. The van der Waals surface area contributed by atoms with Crippen molar-refractivity contribution in [2.24, 2.45) is 5.92 Å². The summed E-state index contributed by atoms with van der Waals surface area (Å²) in [6.07, 6.45) is 12.4. The number of benzene rings is 1. The van der Waals surface area contributed by atoms with Crippen molar-refractivity contribution in [2.75, 3.05) is 5.32 Å². The number of nitrogens with zero attached hydrogens (tertiary/aromatic N) is 2. The van der Waals surface area contributed by atoms with Crippen molar-refractivity contribution in [1.82, 2.24) is 9.55 Å². The van der Waals surface area contributed by atoms with Crippen LogP contribution in [-0.2, 0) is 4.79 Å². The van der Waals surface area contributed by atoms with E-state index in [9.17, 15) is 4.79 Å². The lowest BCUT2D eigenvalue weighted by Gasteiger charge is -2.09. The lowest BCUT2D eigenvalue weighted by Crippen LogP contribution is -2.14. The van der Waals surface area contributed by atoms with E-state index in [0.717, 1.165) is 24.2 Å². The highest BCUT2D eigenvalue weighted by molar-refractivity contribution is 5.91. The minimum absolute atomic E-state index is 0.0805. The van der Waals surface area contributed by atoms with E-state index in [1.165, 1.54) is 0 Å². The summed E-state index contributed by atoms with van der Waals surface area (Å²) in [7, 11) is 0. The van der Waals surface area contributed by atoms with Crippen molar-refractivity contribution in [2.45, 2.75) is 19.3 Å². The van der Waals surface area contributed by atoms with E-state index in [1.807, 2.05) is 35.0 Å². The summed E-state index contributed by atoms with van der Waals surface area (Å²) in [5.41, 5.74) is 1.86. The number of amides is 1. The molecule has 1 atom stereocenters. The van der Waals surface area contributed by atoms with Gasteiger partial charge in [0.2, 0.25) is 5.91 Å². The van der Waals surface area contributed by atoms with Crippen LogP contribution in [0, 0.1) is 5.92 Å². The van der Waals surface area contributed by atoms with Crippen LogP contribution in [0.4, 0.5) is 5.69 Å². The molecule has 1 aromatic heterocycles. The Balaban J connectivity index is 1.60. The zero-order valence-corrected chi connectivity index (χ0v) is 11.2. The van der Waals surface area contributed by atoms with Gasteiger partial charge < -0.3 is 9.88 Å². The number of imidazole rings is 1. The van der Waals surface area contributed by atoms with E-state index in [4.69, 9.17) is 0 Å². The number of aromatic nitrogens is 2. The first kappa shape index (κ1) is 12.7. The Morgan fingerprint density at radius 1 is 1.35 bits per heavy atom. The van der Waals surface area contributed by atoms with E-state index in [0.29, 0.717) is 12.3 Å². The monoisotopic (exact) mass is 267 g/mol. The summed E-state index contributed by atoms with van der Waals surface area (Å²) in [5.74, 6) is 0.483. The minimum Gasteiger partial charge on any atom is -0.326 e. The Bertz CT molecular complexity index is 599. The van der Waals surface area contributed by atoms with E-state index < -0.39 is 0 Å². The SMILES string of the molecule is O=C(C[C@@H]1C=CCC1)Nc1ccc(-n2ccnc2)cc1. The molecule has 3 rings (SSSR count). The minimum atomic E-state index is 0.0805. The molecular weight excluding hydrogens is 250 g/mol. The second-order valence-electron chi connectivity index (χ2n) is 5.03. The fourth-order valence-corrected chi connectivity index (χ4v) is 2.44. The molecule has 0 aliphatic heterocycles. The number of allylic oxidation sites excluding steroid dienone is 2. The van der Waals surface area contributed by atoms with Crippen LogP contribution in [0.1, 0.15) is 19.3 Å². The number of carbonyl (C=O) groups is 1. The molecule has 0 saturated heterocycles. The number of rotatable bonds is 4. The van der Waals surface area contributed by atoms with Crippen LogP contribution in [0.25, 0.3) is 5.69 Å². The van der Waals surface area contributed by atoms with Crippen LogP contribution in [0.5, 0.6) is 0 Å². The maximum atomic E-state index is 11.9. The van der Waals surface area contributed by atoms with Gasteiger partial charge in [0.1, 0.15) is 0 Å². The van der Waals surface area contributed by atoms with E-state index in [2.05, 4.69) is 22.5 Å². The molecule has 0 fully saturated rings. The van der Waals surface area contributed by atoms with Crippen LogP contribution in [-0.4, -0.2) is 15.5 Å². The van der Waals surface area contributed by atoms with Crippen molar-refractivity contribution in [3.8, 4) is 5.69 Å². The maximum absolute atomic E-state index is 11.9. The molecular formula is C16H17N3O. The molecule has 20 heavy (non-hydrogen) atoms. The van der Waals surface area contributed by atoms with Gasteiger partial charge in [-0.1, -0.05) is 12.2 Å². The number of carbonyl (C=O) groups excluding carboxylic acids is 1. The Kier molecular flexibility index (Phi) is 3.63. The number of nitrogens with one attached hydrogen (secondary N) is 1. The maximum Gasteiger partial charge on any atom is 0.224 e. The molecule has 0 radical (unpaired) electrons. The molecule has 1 heterocycles. The van der Waals surface area contributed by atoms with Crippen LogP contribution in [0.15, 0.2) is 55.1 Å². The van der Waals surface area contributed by atoms with Gasteiger partial charge in [0.15, 0.2) is 0 Å². The molecule has 1 aliphatic carbocycles. The van der Waals surface area contributed by atoms with Gasteiger partial charge in [-0.2, -0.15) is 0 Å². The molecule has 0 saturated carbocycles. The van der Waals surface area contributed by atoms with Crippen molar-refractivity contribution in [1.29, 1.82) is 0 Å². The lowest BCUT2D eigenvalue weighted by molar-refractivity contribution is -0.116. The van der Waals surface area contributed by atoms with Crippen molar-refractivity contribution in [3.05, 3.63) is 55.1 Å². The fourth-order valence-electron chi connectivity index (χ4n) is 2.44. The summed E-state index contributed by atoms with van der Waals surface area (Å²) < 4.78 is 1.93. The first-order valence-corrected chi connectivity index (χ1v) is 6.86. The molecule has 1 amide bonds. The van der Waals surface area contributed by atoms with Gasteiger partial charge in [-0.3, -0.25) is 4.79 Å². The van der Waals surface area contributed by atoms with Crippen LogP contribution >= 0.6 is 0 Å². The second kappa shape index (κ2) is 5.74. The predicted octanol–water partition coefficient (Wildman–Crippen LogP) is 3.17. The number of hydrogen-bond donors (Lipinski definition) is 1. The fraction of sp³-hybridized carbons (Fsp3) is 0.250. The van der Waals surface area contributed by atoms with Gasteiger partial charge in [-0.05, 0) is 43.0 Å². The van der Waals surface area contributed by atoms with Gasteiger partial charge in [-0.15, -0.1) is 0 Å². The average Bonchev–Trinajstić information content (AvgIpc) is 3.12. The Morgan fingerprint density at radius 3 is 2.85 bits per heavy atom. The Morgan fingerprint density at radius 2 is 2.20 bits per heavy atom. The molecule has 4 nitrogen and oxygen atoms in total. The smallest absolute Gasteiger partial charge is 0.224 e. The molecule has 1 aliphatic rings.